The molecule has 0 aromatic rings. The van der Waals surface area contributed by atoms with Gasteiger partial charge in [0, 0.05) is 0 Å². The highest BCUT2D eigenvalue weighted by molar-refractivity contribution is 5.73. The second kappa shape index (κ2) is 6.14. The Labute approximate surface area is 93.8 Å². The lowest BCUT2D eigenvalue weighted by Gasteiger charge is -2.16. The van der Waals surface area contributed by atoms with Crippen LogP contribution in [0.2, 0.25) is 0 Å². The molecule has 1 aliphatic rings. The highest BCUT2D eigenvalue weighted by Crippen LogP contribution is 2.17. The van der Waals surface area contributed by atoms with Crippen molar-refractivity contribution in [1.82, 2.24) is 5.01 Å². The standard InChI is InChI=1S/C9H17N3O4/c1-2-3-7-16-10-12(15)11-6-4-5-8(11)9(13)14/h8H,2-7H2,1H3,(H,13,14)/b12-10-/t8-/m0/s1. The zero-order chi connectivity index (χ0) is 12.0. The van der Waals surface area contributed by atoms with Crippen LogP contribution in [-0.2, 0) is 9.63 Å². The second-order valence-corrected chi connectivity index (χ2v) is 3.68. The molecule has 0 saturated carbocycles. The van der Waals surface area contributed by atoms with E-state index in [2.05, 4.69) is 5.28 Å². The molecule has 1 fully saturated rings. The molecule has 1 aliphatic heterocycles. The van der Waals surface area contributed by atoms with Crippen molar-refractivity contribution in [2.24, 2.45) is 5.28 Å². The summed E-state index contributed by atoms with van der Waals surface area (Å²) in [5, 5.41) is 24.7. The van der Waals surface area contributed by atoms with Gasteiger partial charge in [-0.15, -0.1) is 5.01 Å². The lowest BCUT2D eigenvalue weighted by atomic mass is 10.2. The summed E-state index contributed by atoms with van der Waals surface area (Å²) in [7, 11) is 0. The van der Waals surface area contributed by atoms with Gasteiger partial charge in [-0.25, -0.2) is 4.79 Å². The van der Waals surface area contributed by atoms with E-state index in [1.165, 1.54) is 0 Å². The molecule has 1 heterocycles. The van der Waals surface area contributed by atoms with Gasteiger partial charge in [-0.3, -0.25) is 0 Å². The van der Waals surface area contributed by atoms with Crippen LogP contribution in [0.1, 0.15) is 32.6 Å². The third-order valence-corrected chi connectivity index (χ3v) is 2.45. The lowest BCUT2D eigenvalue weighted by molar-refractivity contribution is -0.712. The maximum Gasteiger partial charge on any atom is 0.332 e. The molecule has 1 rings (SSSR count). The van der Waals surface area contributed by atoms with Gasteiger partial charge in [0.05, 0.1) is 11.5 Å². The van der Waals surface area contributed by atoms with Crippen molar-refractivity contribution >= 4 is 5.97 Å². The first-order valence-corrected chi connectivity index (χ1v) is 5.46. The maximum atomic E-state index is 11.4. The molecule has 0 aliphatic carbocycles. The summed E-state index contributed by atoms with van der Waals surface area (Å²) >= 11 is 0. The summed E-state index contributed by atoms with van der Waals surface area (Å²) < 4.78 is 0. The second-order valence-electron chi connectivity index (χ2n) is 3.68. The van der Waals surface area contributed by atoms with Crippen molar-refractivity contribution in [3.8, 4) is 0 Å². The van der Waals surface area contributed by atoms with Gasteiger partial charge in [0.25, 0.3) is 0 Å². The average Bonchev–Trinajstić information content (AvgIpc) is 2.73. The third kappa shape index (κ3) is 3.25. The number of rotatable bonds is 6. The van der Waals surface area contributed by atoms with Crippen LogP contribution in [0, 0.1) is 5.21 Å². The molecule has 1 atom stereocenters. The van der Waals surface area contributed by atoms with Gasteiger partial charge in [0.1, 0.15) is 6.61 Å². The van der Waals surface area contributed by atoms with Gasteiger partial charge in [-0.1, -0.05) is 13.3 Å². The Morgan fingerprint density at radius 2 is 2.50 bits per heavy atom. The quantitative estimate of drug-likeness (QED) is 0.320. The van der Waals surface area contributed by atoms with Gasteiger partial charge < -0.3 is 15.2 Å². The van der Waals surface area contributed by atoms with Crippen molar-refractivity contribution in [3.05, 3.63) is 5.21 Å². The van der Waals surface area contributed by atoms with Gasteiger partial charge in [0.15, 0.2) is 6.04 Å². The fourth-order valence-electron chi connectivity index (χ4n) is 1.55. The summed E-state index contributed by atoms with van der Waals surface area (Å²) in [5.41, 5.74) is 0. The minimum Gasteiger partial charge on any atom is -0.569 e. The molecule has 0 amide bonds. The monoisotopic (exact) mass is 231 g/mol. The molecule has 0 bridgehead atoms. The summed E-state index contributed by atoms with van der Waals surface area (Å²) in [6.07, 6.45) is 2.92. The zero-order valence-corrected chi connectivity index (χ0v) is 9.33. The van der Waals surface area contributed by atoms with E-state index in [0.29, 0.717) is 26.0 Å². The van der Waals surface area contributed by atoms with Crippen LogP contribution < -0.4 is 0 Å². The van der Waals surface area contributed by atoms with E-state index >= 15 is 0 Å². The van der Waals surface area contributed by atoms with Crippen molar-refractivity contribution in [2.75, 3.05) is 13.2 Å². The molecule has 0 unspecified atom stereocenters. The molecule has 0 aromatic carbocycles. The van der Waals surface area contributed by atoms with E-state index in [9.17, 15) is 10.0 Å². The van der Waals surface area contributed by atoms with Gasteiger partial charge in [-0.2, -0.15) is 0 Å². The highest BCUT2D eigenvalue weighted by Gasteiger charge is 2.36. The molecule has 7 nitrogen and oxygen atoms in total. The van der Waals surface area contributed by atoms with E-state index < -0.39 is 12.0 Å². The number of carbonyl (C=O) groups is 1. The van der Waals surface area contributed by atoms with Crippen LogP contribution in [0.3, 0.4) is 0 Å². The molecule has 0 radical (unpaired) electrons. The Hall–Kier alpha value is -1.53. The molecule has 16 heavy (non-hydrogen) atoms. The van der Waals surface area contributed by atoms with E-state index in [1.807, 2.05) is 6.92 Å². The maximum absolute atomic E-state index is 11.4. The molecule has 0 aromatic heterocycles. The number of hydrazine groups is 1. The summed E-state index contributed by atoms with van der Waals surface area (Å²) in [6, 6.07) is -0.781. The summed E-state index contributed by atoms with van der Waals surface area (Å²) in [6.45, 7) is 2.78. The summed E-state index contributed by atoms with van der Waals surface area (Å²) in [5.74, 6) is -0.998. The fraction of sp³-hybridized carbons (Fsp3) is 0.889. The van der Waals surface area contributed by atoms with E-state index in [0.717, 1.165) is 17.9 Å². The van der Waals surface area contributed by atoms with Crippen LogP contribution in [0.25, 0.3) is 0 Å². The first kappa shape index (κ1) is 12.5. The Bertz CT molecular complexity index is 269. The highest BCUT2D eigenvalue weighted by atomic mass is 16.7. The predicted molar refractivity (Wildman–Crippen MR) is 54.3 cm³/mol. The molecule has 0 spiro atoms. The smallest absolute Gasteiger partial charge is 0.332 e. The molecule has 7 heteroatoms. The van der Waals surface area contributed by atoms with Crippen LogP contribution in [-0.4, -0.2) is 40.2 Å². The number of carboxylic acids is 1. The Balaban J connectivity index is 2.45. The molecule has 92 valence electrons. The van der Waals surface area contributed by atoms with Crippen molar-refractivity contribution in [2.45, 2.75) is 38.6 Å². The lowest BCUT2D eigenvalue weighted by Crippen LogP contribution is -2.40. The van der Waals surface area contributed by atoms with Crippen molar-refractivity contribution < 1.29 is 19.7 Å². The number of hydrogen-bond donors (Lipinski definition) is 1. The van der Waals surface area contributed by atoms with Crippen molar-refractivity contribution in [3.63, 3.8) is 0 Å². The Kier molecular flexibility index (Phi) is 4.81. The Morgan fingerprint density at radius 3 is 3.12 bits per heavy atom. The molecular formula is C9H17N3O4. The van der Waals surface area contributed by atoms with E-state index in [4.69, 9.17) is 9.94 Å². The van der Waals surface area contributed by atoms with Gasteiger partial charge in [0.2, 0.25) is 5.28 Å². The minimum absolute atomic E-state index is 0.251. The van der Waals surface area contributed by atoms with E-state index in [1.54, 1.807) is 0 Å². The number of hydrogen-bond acceptors (Lipinski definition) is 4. The minimum atomic E-state index is -0.998. The predicted octanol–water partition coefficient (Wildman–Crippen LogP) is 1.14. The van der Waals surface area contributed by atoms with Crippen LogP contribution in [0.15, 0.2) is 5.28 Å². The third-order valence-electron chi connectivity index (χ3n) is 2.45. The van der Waals surface area contributed by atoms with Crippen LogP contribution in [0.4, 0.5) is 0 Å². The van der Waals surface area contributed by atoms with E-state index in [-0.39, 0.29) is 4.97 Å². The number of unbranched alkanes of at least 4 members (excludes halogenated alkanes) is 1. The van der Waals surface area contributed by atoms with Crippen LogP contribution >= 0.6 is 0 Å². The number of carboxylic acid groups (broad SMARTS) is 1. The fourth-order valence-corrected chi connectivity index (χ4v) is 1.55. The van der Waals surface area contributed by atoms with Gasteiger partial charge >= 0.3 is 5.97 Å². The zero-order valence-electron chi connectivity index (χ0n) is 9.33. The SMILES string of the molecule is CCCCO/N=[N+](\[O-])N1CCC[C@H]1C(=O)O. The van der Waals surface area contributed by atoms with Crippen LogP contribution in [0.5, 0.6) is 0 Å². The average molecular weight is 231 g/mol. The molecule has 1 N–H and O–H groups in total. The first-order valence-electron chi connectivity index (χ1n) is 5.46. The topological polar surface area (TPSA) is 88.2 Å². The first-order chi connectivity index (χ1) is 7.66. The largest absolute Gasteiger partial charge is 0.569 e. The number of nitrogens with zero attached hydrogens (tertiary/aromatic N) is 3. The molecule has 1 saturated heterocycles. The normalized spacial score (nSPS) is 21.2. The summed E-state index contributed by atoms with van der Waals surface area (Å²) in [4.78, 5) is 15.8. The Morgan fingerprint density at radius 1 is 1.75 bits per heavy atom. The molecular weight excluding hydrogens is 214 g/mol. The number of aliphatic carboxylic acids is 1. The van der Waals surface area contributed by atoms with Gasteiger partial charge in [-0.05, 0) is 19.3 Å². The van der Waals surface area contributed by atoms with Crippen molar-refractivity contribution in [1.29, 1.82) is 0 Å².